The highest BCUT2D eigenvalue weighted by atomic mass is 16.5. The third-order valence-corrected chi connectivity index (χ3v) is 8.78. The van der Waals surface area contributed by atoms with Crippen molar-refractivity contribution in [3.63, 3.8) is 0 Å². The van der Waals surface area contributed by atoms with Crippen molar-refractivity contribution in [2.24, 2.45) is 0 Å². The van der Waals surface area contributed by atoms with Crippen LogP contribution >= 0.6 is 0 Å². The Morgan fingerprint density at radius 2 is 1.86 bits per heavy atom. The summed E-state index contributed by atoms with van der Waals surface area (Å²) in [7, 11) is 2.17. The van der Waals surface area contributed by atoms with E-state index in [0.29, 0.717) is 43.0 Å². The molecule has 3 fully saturated rings. The molecule has 0 radical (unpaired) electrons. The van der Waals surface area contributed by atoms with Gasteiger partial charge in [0.2, 0.25) is 0 Å². The summed E-state index contributed by atoms with van der Waals surface area (Å²) in [5, 5.41) is 16.4. The number of benzene rings is 2. The minimum absolute atomic E-state index is 0.295. The maximum atomic E-state index is 10.5. The zero-order valence-electron chi connectivity index (χ0n) is 21.6. The van der Waals surface area contributed by atoms with Crippen LogP contribution in [-0.4, -0.2) is 77.9 Å². The standard InChI is InChI=1S/C29H36N6O2/c1-33-11-4-6-22(33)18-37-29-31-26-17-34(27-14-23(36)13-19-5-2-3-7-24(19)27)12-10-25(26)28(32-29)35-15-20-8-9-21(16-35)30-20/h2-3,5,7,13-14,20-22,30,36H,4,6,8-12,15-18H2,1H3/t20?,21?,22-/m0/s1. The van der Waals surface area contributed by atoms with E-state index in [1.54, 1.807) is 0 Å². The summed E-state index contributed by atoms with van der Waals surface area (Å²) in [6, 6.07) is 14.0. The second kappa shape index (κ2) is 9.33. The van der Waals surface area contributed by atoms with Crippen LogP contribution in [0.4, 0.5) is 11.5 Å². The maximum Gasteiger partial charge on any atom is 0.318 e. The minimum atomic E-state index is 0.295. The zero-order chi connectivity index (χ0) is 24.9. The number of nitrogens with one attached hydrogen (secondary N) is 1. The third-order valence-electron chi connectivity index (χ3n) is 8.78. The average Bonchev–Trinajstić information content (AvgIpc) is 3.49. The average molecular weight is 501 g/mol. The van der Waals surface area contributed by atoms with E-state index in [1.165, 1.54) is 24.8 Å². The maximum absolute atomic E-state index is 10.5. The molecule has 2 N–H and O–H groups in total. The van der Waals surface area contributed by atoms with Crippen LogP contribution in [0.1, 0.15) is 36.9 Å². The van der Waals surface area contributed by atoms with E-state index in [9.17, 15) is 5.11 Å². The van der Waals surface area contributed by atoms with Gasteiger partial charge in [-0.15, -0.1) is 0 Å². The number of hydrogen-bond donors (Lipinski definition) is 2. The van der Waals surface area contributed by atoms with Gasteiger partial charge in [0.05, 0.1) is 12.2 Å². The molecule has 1 aromatic heterocycles. The summed E-state index contributed by atoms with van der Waals surface area (Å²) < 4.78 is 6.29. The molecule has 0 saturated carbocycles. The van der Waals surface area contributed by atoms with Crippen molar-refractivity contribution in [1.82, 2.24) is 20.2 Å². The van der Waals surface area contributed by atoms with Crippen LogP contribution in [0, 0.1) is 0 Å². The Morgan fingerprint density at radius 1 is 1.03 bits per heavy atom. The first-order chi connectivity index (χ1) is 18.1. The zero-order valence-corrected chi connectivity index (χ0v) is 21.6. The van der Waals surface area contributed by atoms with Crippen LogP contribution in [0.5, 0.6) is 11.8 Å². The van der Waals surface area contributed by atoms with Crippen LogP contribution in [-0.2, 0) is 13.0 Å². The molecule has 2 unspecified atom stereocenters. The van der Waals surface area contributed by atoms with Crippen LogP contribution in [0.15, 0.2) is 36.4 Å². The number of phenols is 1. The fourth-order valence-electron chi connectivity index (χ4n) is 6.79. The Bertz CT molecular complexity index is 1300. The smallest absolute Gasteiger partial charge is 0.318 e. The molecule has 2 bridgehead atoms. The fourth-order valence-corrected chi connectivity index (χ4v) is 6.79. The van der Waals surface area contributed by atoms with Crippen molar-refractivity contribution in [2.45, 2.75) is 56.8 Å². The number of anilines is 2. The highest BCUT2D eigenvalue weighted by molar-refractivity contribution is 5.95. The van der Waals surface area contributed by atoms with Crippen LogP contribution < -0.4 is 19.9 Å². The molecule has 7 rings (SSSR count). The van der Waals surface area contributed by atoms with Crippen molar-refractivity contribution in [3.05, 3.63) is 47.7 Å². The topological polar surface area (TPSA) is 77.0 Å². The third kappa shape index (κ3) is 4.36. The number of fused-ring (bicyclic) bond motifs is 4. The Kier molecular flexibility index (Phi) is 5.81. The molecule has 3 atom stereocenters. The lowest BCUT2D eigenvalue weighted by atomic mass is 10.0. The number of likely N-dealkylation sites (N-methyl/N-ethyl adjacent to an activating group) is 1. The minimum Gasteiger partial charge on any atom is -0.508 e. The van der Waals surface area contributed by atoms with E-state index in [2.05, 4.69) is 45.3 Å². The van der Waals surface area contributed by atoms with Gasteiger partial charge in [0, 0.05) is 60.5 Å². The monoisotopic (exact) mass is 500 g/mol. The lowest BCUT2D eigenvalue weighted by Crippen LogP contribution is -2.52. The summed E-state index contributed by atoms with van der Waals surface area (Å²) in [5.41, 5.74) is 3.35. The first-order valence-electron chi connectivity index (χ1n) is 13.8. The number of ether oxygens (including phenoxy) is 1. The van der Waals surface area contributed by atoms with E-state index in [1.807, 2.05) is 18.2 Å². The molecule has 4 aliphatic rings. The second-order valence-corrected chi connectivity index (χ2v) is 11.2. The summed E-state index contributed by atoms with van der Waals surface area (Å²) in [6.45, 7) is 5.28. The molecule has 2 aromatic carbocycles. The largest absolute Gasteiger partial charge is 0.508 e. The summed E-state index contributed by atoms with van der Waals surface area (Å²) in [4.78, 5) is 17.2. The number of rotatable bonds is 5. The second-order valence-electron chi connectivity index (χ2n) is 11.2. The molecule has 0 amide bonds. The van der Waals surface area contributed by atoms with Gasteiger partial charge in [0.15, 0.2) is 0 Å². The molecule has 0 aliphatic carbocycles. The van der Waals surface area contributed by atoms with Crippen LogP contribution in [0.25, 0.3) is 10.8 Å². The van der Waals surface area contributed by atoms with Gasteiger partial charge in [-0.2, -0.15) is 9.97 Å². The number of aromatic nitrogens is 2. The molecular weight excluding hydrogens is 464 g/mol. The normalized spacial score (nSPS) is 25.6. The van der Waals surface area contributed by atoms with E-state index >= 15 is 0 Å². The fraction of sp³-hybridized carbons (Fsp3) is 0.517. The Morgan fingerprint density at radius 3 is 2.68 bits per heavy atom. The SMILES string of the molecule is CN1CCC[C@H]1COc1nc2c(c(N3CC4CCC(C3)N4)n1)CCN(c1cc(O)cc3ccccc13)C2. The van der Waals surface area contributed by atoms with E-state index in [0.717, 1.165) is 67.0 Å². The van der Waals surface area contributed by atoms with Gasteiger partial charge in [-0.05, 0) is 57.1 Å². The van der Waals surface area contributed by atoms with Crippen molar-refractivity contribution in [1.29, 1.82) is 0 Å². The number of aromatic hydroxyl groups is 1. The van der Waals surface area contributed by atoms with E-state index in [4.69, 9.17) is 14.7 Å². The summed E-state index contributed by atoms with van der Waals surface area (Å²) in [6.07, 6.45) is 5.74. The Labute approximate surface area is 218 Å². The van der Waals surface area contributed by atoms with Crippen molar-refractivity contribution < 1.29 is 9.84 Å². The van der Waals surface area contributed by atoms with Gasteiger partial charge in [0.1, 0.15) is 18.2 Å². The molecule has 37 heavy (non-hydrogen) atoms. The highest BCUT2D eigenvalue weighted by Crippen LogP contribution is 2.37. The molecule has 8 nitrogen and oxygen atoms in total. The van der Waals surface area contributed by atoms with Crippen LogP contribution in [0.2, 0.25) is 0 Å². The van der Waals surface area contributed by atoms with Gasteiger partial charge in [0.25, 0.3) is 0 Å². The van der Waals surface area contributed by atoms with Crippen molar-refractivity contribution in [3.8, 4) is 11.8 Å². The molecule has 4 aliphatic heterocycles. The molecule has 8 heteroatoms. The predicted octanol–water partition coefficient (Wildman–Crippen LogP) is 3.31. The van der Waals surface area contributed by atoms with E-state index < -0.39 is 0 Å². The van der Waals surface area contributed by atoms with Gasteiger partial charge >= 0.3 is 6.01 Å². The van der Waals surface area contributed by atoms with Gasteiger partial charge in [-0.3, -0.25) is 0 Å². The lowest BCUT2D eigenvalue weighted by molar-refractivity contribution is 0.187. The van der Waals surface area contributed by atoms with Gasteiger partial charge in [-0.25, -0.2) is 0 Å². The first kappa shape index (κ1) is 23.0. The molecule has 0 spiro atoms. The quantitative estimate of drug-likeness (QED) is 0.553. The van der Waals surface area contributed by atoms with Crippen LogP contribution in [0.3, 0.4) is 0 Å². The van der Waals surface area contributed by atoms with Crippen molar-refractivity contribution in [2.75, 3.05) is 49.6 Å². The van der Waals surface area contributed by atoms with Gasteiger partial charge < -0.3 is 29.9 Å². The molecule has 3 aromatic rings. The highest BCUT2D eigenvalue weighted by Gasteiger charge is 2.35. The predicted molar refractivity (Wildman–Crippen MR) is 146 cm³/mol. The van der Waals surface area contributed by atoms with E-state index in [-0.39, 0.29) is 0 Å². The number of piperazine rings is 1. The van der Waals surface area contributed by atoms with Gasteiger partial charge in [-0.1, -0.05) is 24.3 Å². The number of phenolic OH excluding ortho intramolecular Hbond substituents is 1. The lowest BCUT2D eigenvalue weighted by Gasteiger charge is -2.37. The number of hydrogen-bond acceptors (Lipinski definition) is 8. The number of nitrogens with zero attached hydrogens (tertiary/aromatic N) is 5. The molecular formula is C29H36N6O2. The molecule has 3 saturated heterocycles. The van der Waals surface area contributed by atoms with Crippen molar-refractivity contribution >= 4 is 22.3 Å². The first-order valence-corrected chi connectivity index (χ1v) is 13.8. The Balaban J connectivity index is 1.23. The molecule has 5 heterocycles. The summed E-state index contributed by atoms with van der Waals surface area (Å²) in [5.74, 6) is 1.36. The summed E-state index contributed by atoms with van der Waals surface area (Å²) >= 11 is 0. The number of likely N-dealkylation sites (tertiary alicyclic amines) is 1. The molecule has 194 valence electrons. The Hall–Kier alpha value is -3.10.